The molecule has 3 aromatic rings. The average molecular weight is 522 g/mol. The van der Waals surface area contributed by atoms with Crippen molar-refractivity contribution in [3.05, 3.63) is 78.4 Å². The van der Waals surface area contributed by atoms with Gasteiger partial charge in [-0.3, -0.25) is 14.4 Å². The number of hydrogen-bond donors (Lipinski definition) is 1. The topological polar surface area (TPSA) is 122 Å². The largest absolute Gasteiger partial charge is 0.454 e. The molecule has 11 heteroatoms. The Labute approximate surface area is 213 Å². The summed E-state index contributed by atoms with van der Waals surface area (Å²) >= 11 is 0. The van der Waals surface area contributed by atoms with Crippen molar-refractivity contribution in [1.29, 1.82) is 0 Å². The van der Waals surface area contributed by atoms with Gasteiger partial charge in [-0.15, -0.1) is 0 Å². The number of para-hydroxylation sites is 1. The third-order valence-electron chi connectivity index (χ3n) is 6.04. The van der Waals surface area contributed by atoms with Crippen molar-refractivity contribution in [3.8, 4) is 11.5 Å². The number of imide groups is 1. The summed E-state index contributed by atoms with van der Waals surface area (Å²) in [6.07, 6.45) is -0.304. The number of anilines is 2. The smallest absolute Gasteiger partial charge is 0.252 e. The number of carbonyl (C=O) groups is 3. The molecule has 1 atom stereocenters. The SMILES string of the molecule is CC(=O)Nc1ccc(S(=O)(=O)N(Cc2ccc3c(c2)OCO3)C2CC(=O)N(c3ccccc3)C2=O)cc1. The Balaban J connectivity index is 1.52. The second-order valence-electron chi connectivity index (χ2n) is 8.57. The fourth-order valence-electron chi connectivity index (χ4n) is 4.32. The highest BCUT2D eigenvalue weighted by Crippen LogP contribution is 2.35. The van der Waals surface area contributed by atoms with Gasteiger partial charge < -0.3 is 14.8 Å². The molecule has 3 amide bonds. The lowest BCUT2D eigenvalue weighted by Gasteiger charge is -2.27. The Morgan fingerprint density at radius 2 is 1.70 bits per heavy atom. The van der Waals surface area contributed by atoms with Crippen molar-refractivity contribution in [2.45, 2.75) is 30.8 Å². The Bertz CT molecular complexity index is 1470. The molecule has 5 rings (SSSR count). The van der Waals surface area contributed by atoms with Gasteiger partial charge in [0.15, 0.2) is 11.5 Å². The molecule has 1 N–H and O–H groups in total. The quantitative estimate of drug-likeness (QED) is 0.475. The first-order valence-electron chi connectivity index (χ1n) is 11.4. The van der Waals surface area contributed by atoms with Crippen LogP contribution < -0.4 is 19.7 Å². The number of hydrogen-bond acceptors (Lipinski definition) is 7. The highest BCUT2D eigenvalue weighted by molar-refractivity contribution is 7.89. The number of nitrogens with one attached hydrogen (secondary N) is 1. The Morgan fingerprint density at radius 3 is 2.41 bits per heavy atom. The Kier molecular flexibility index (Phi) is 6.40. The average Bonchev–Trinajstić information content (AvgIpc) is 3.46. The minimum absolute atomic E-state index is 0.0586. The fourth-order valence-corrected chi connectivity index (χ4v) is 5.89. The van der Waals surface area contributed by atoms with Gasteiger partial charge in [0.2, 0.25) is 28.6 Å². The van der Waals surface area contributed by atoms with Crippen molar-refractivity contribution >= 4 is 39.1 Å². The molecule has 1 fully saturated rings. The lowest BCUT2D eigenvalue weighted by atomic mass is 10.1. The van der Waals surface area contributed by atoms with Gasteiger partial charge in [-0.2, -0.15) is 4.31 Å². The van der Waals surface area contributed by atoms with E-state index in [0.29, 0.717) is 28.4 Å². The van der Waals surface area contributed by atoms with Crippen LogP contribution in [0, 0.1) is 0 Å². The molecule has 1 saturated heterocycles. The van der Waals surface area contributed by atoms with E-state index in [4.69, 9.17) is 9.47 Å². The molecule has 2 heterocycles. The van der Waals surface area contributed by atoms with Crippen molar-refractivity contribution < 1.29 is 32.3 Å². The van der Waals surface area contributed by atoms with E-state index in [1.165, 1.54) is 31.2 Å². The second-order valence-corrected chi connectivity index (χ2v) is 10.5. The van der Waals surface area contributed by atoms with Crippen LogP contribution in [0.5, 0.6) is 11.5 Å². The second kappa shape index (κ2) is 9.68. The van der Waals surface area contributed by atoms with Crippen LogP contribution in [0.25, 0.3) is 0 Å². The van der Waals surface area contributed by atoms with Crippen LogP contribution in [-0.2, 0) is 31.0 Å². The van der Waals surface area contributed by atoms with Crippen LogP contribution >= 0.6 is 0 Å². The standard InChI is InChI=1S/C26H23N3O7S/c1-17(30)27-19-8-10-21(11-9-19)37(33,34)28(15-18-7-12-23-24(13-18)36-16-35-23)22-14-25(31)29(26(22)32)20-5-3-2-4-6-20/h2-13,22H,14-16H2,1H3,(H,27,30). The minimum Gasteiger partial charge on any atom is -0.454 e. The van der Waals surface area contributed by atoms with Crippen LogP contribution in [0.1, 0.15) is 18.9 Å². The Hall–Kier alpha value is -4.22. The van der Waals surface area contributed by atoms with Crippen molar-refractivity contribution in [1.82, 2.24) is 4.31 Å². The summed E-state index contributed by atoms with van der Waals surface area (Å²) in [6.45, 7) is 1.22. The summed E-state index contributed by atoms with van der Waals surface area (Å²) in [7, 11) is -4.26. The molecular weight excluding hydrogens is 498 g/mol. The summed E-state index contributed by atoms with van der Waals surface area (Å²) in [4.78, 5) is 38.7. The zero-order valence-corrected chi connectivity index (χ0v) is 20.6. The van der Waals surface area contributed by atoms with Gasteiger partial charge in [-0.05, 0) is 54.1 Å². The van der Waals surface area contributed by atoms with Gasteiger partial charge in [0.1, 0.15) is 6.04 Å². The number of carbonyl (C=O) groups excluding carboxylic acids is 3. The van der Waals surface area contributed by atoms with Gasteiger partial charge in [-0.25, -0.2) is 13.3 Å². The Morgan fingerprint density at radius 1 is 1.00 bits per heavy atom. The monoisotopic (exact) mass is 521 g/mol. The molecule has 0 aromatic heterocycles. The normalized spacial score (nSPS) is 16.9. The van der Waals surface area contributed by atoms with E-state index in [1.54, 1.807) is 48.5 Å². The van der Waals surface area contributed by atoms with Gasteiger partial charge >= 0.3 is 0 Å². The van der Waals surface area contributed by atoms with E-state index in [2.05, 4.69) is 5.32 Å². The highest BCUT2D eigenvalue weighted by atomic mass is 32.2. The molecule has 0 saturated carbocycles. The third kappa shape index (κ3) is 4.78. The van der Waals surface area contributed by atoms with E-state index < -0.39 is 27.9 Å². The van der Waals surface area contributed by atoms with Gasteiger partial charge in [0, 0.05) is 19.2 Å². The first-order valence-corrected chi connectivity index (χ1v) is 12.9. The van der Waals surface area contributed by atoms with Gasteiger partial charge in [-0.1, -0.05) is 24.3 Å². The number of fused-ring (bicyclic) bond motifs is 1. The molecular formula is C26H23N3O7S. The summed E-state index contributed by atoms with van der Waals surface area (Å²) in [5.41, 5.74) is 1.36. The van der Waals surface area contributed by atoms with E-state index in [-0.39, 0.29) is 30.6 Å². The molecule has 2 aliphatic rings. The summed E-state index contributed by atoms with van der Waals surface area (Å²) in [5.74, 6) is -0.414. The summed E-state index contributed by atoms with van der Waals surface area (Å²) in [6, 6.07) is 17.8. The number of amides is 3. The number of benzene rings is 3. The number of rotatable bonds is 7. The van der Waals surface area contributed by atoms with Crippen LogP contribution in [0.15, 0.2) is 77.7 Å². The number of nitrogens with zero attached hydrogens (tertiary/aromatic N) is 2. The molecule has 37 heavy (non-hydrogen) atoms. The first kappa shape index (κ1) is 24.5. The lowest BCUT2D eigenvalue weighted by molar-refractivity contribution is -0.122. The first-order chi connectivity index (χ1) is 17.7. The molecule has 0 bridgehead atoms. The zero-order chi connectivity index (χ0) is 26.2. The third-order valence-corrected chi connectivity index (χ3v) is 7.91. The molecule has 0 spiro atoms. The van der Waals surface area contributed by atoms with Gasteiger partial charge in [0.25, 0.3) is 5.91 Å². The van der Waals surface area contributed by atoms with Gasteiger partial charge in [0.05, 0.1) is 17.0 Å². The van der Waals surface area contributed by atoms with Crippen LogP contribution in [0.2, 0.25) is 0 Å². The number of ether oxygens (including phenoxy) is 2. The van der Waals surface area contributed by atoms with E-state index in [9.17, 15) is 22.8 Å². The van der Waals surface area contributed by atoms with E-state index in [0.717, 1.165) is 9.21 Å². The maximum absolute atomic E-state index is 13.9. The zero-order valence-electron chi connectivity index (χ0n) is 19.8. The van der Waals surface area contributed by atoms with Crippen LogP contribution in [-0.4, -0.2) is 43.3 Å². The molecule has 10 nitrogen and oxygen atoms in total. The van der Waals surface area contributed by atoms with Crippen molar-refractivity contribution in [2.75, 3.05) is 17.0 Å². The fraction of sp³-hybridized carbons (Fsp3) is 0.192. The maximum atomic E-state index is 13.9. The predicted molar refractivity (Wildman–Crippen MR) is 133 cm³/mol. The molecule has 0 aliphatic carbocycles. The minimum atomic E-state index is -4.26. The van der Waals surface area contributed by atoms with E-state index >= 15 is 0 Å². The van der Waals surface area contributed by atoms with Crippen LogP contribution in [0.4, 0.5) is 11.4 Å². The molecule has 190 valence electrons. The van der Waals surface area contributed by atoms with E-state index in [1.807, 2.05) is 0 Å². The predicted octanol–water partition coefficient (Wildman–Crippen LogP) is 2.90. The molecule has 0 radical (unpaired) electrons. The summed E-state index contributed by atoms with van der Waals surface area (Å²) < 4.78 is 39.6. The van der Waals surface area contributed by atoms with Crippen molar-refractivity contribution in [3.63, 3.8) is 0 Å². The van der Waals surface area contributed by atoms with Crippen LogP contribution in [0.3, 0.4) is 0 Å². The number of sulfonamides is 1. The highest BCUT2D eigenvalue weighted by Gasteiger charge is 2.47. The maximum Gasteiger partial charge on any atom is 0.252 e. The molecule has 3 aromatic carbocycles. The summed E-state index contributed by atoms with van der Waals surface area (Å²) in [5, 5.41) is 2.59. The molecule has 1 unspecified atom stereocenters. The van der Waals surface area contributed by atoms with Crippen molar-refractivity contribution in [2.24, 2.45) is 0 Å². The lowest BCUT2D eigenvalue weighted by Crippen LogP contribution is -2.45. The molecule has 2 aliphatic heterocycles.